The van der Waals surface area contributed by atoms with E-state index < -0.39 is 0 Å². The third-order valence-corrected chi connectivity index (χ3v) is 1.33. The van der Waals surface area contributed by atoms with E-state index in [0.717, 1.165) is 13.1 Å². The van der Waals surface area contributed by atoms with Gasteiger partial charge in [-0.2, -0.15) is 0 Å². The van der Waals surface area contributed by atoms with Gasteiger partial charge in [-0.15, -0.1) is 0 Å². The van der Waals surface area contributed by atoms with Crippen LogP contribution in [0.4, 0.5) is 0 Å². The van der Waals surface area contributed by atoms with Gasteiger partial charge in [0.15, 0.2) is 0 Å². The number of guanidine groups is 2. The molecular formula is C6H16N5+. The molecule has 0 heterocycles. The van der Waals surface area contributed by atoms with E-state index in [0.29, 0.717) is 5.96 Å². The Morgan fingerprint density at radius 1 is 1.18 bits per heavy atom. The molecule has 0 aromatic heterocycles. The van der Waals surface area contributed by atoms with Crippen molar-refractivity contribution in [2.45, 2.75) is 13.8 Å². The Bertz CT molecular complexity index is 171. The number of nitrogens with zero attached hydrogens (tertiary/aromatic N) is 2. The van der Waals surface area contributed by atoms with Gasteiger partial charge in [-0.05, 0) is 18.8 Å². The van der Waals surface area contributed by atoms with Crippen LogP contribution < -0.4 is 17.2 Å². The molecular weight excluding hydrogens is 142 g/mol. The monoisotopic (exact) mass is 158 g/mol. The molecule has 0 saturated carbocycles. The highest BCUT2D eigenvalue weighted by Crippen LogP contribution is 1.76. The Hall–Kier alpha value is -1.26. The molecule has 6 N–H and O–H groups in total. The predicted molar refractivity (Wildman–Crippen MR) is 46.3 cm³/mol. The van der Waals surface area contributed by atoms with Gasteiger partial charge >= 0.3 is 5.96 Å². The molecule has 0 spiro atoms. The van der Waals surface area contributed by atoms with E-state index in [1.54, 1.807) is 0 Å². The molecule has 0 aliphatic carbocycles. The maximum Gasteiger partial charge on any atom is 0.388 e. The summed E-state index contributed by atoms with van der Waals surface area (Å²) in [5.41, 5.74) is 15.8. The average Bonchev–Trinajstić information content (AvgIpc) is 1.88. The summed E-state index contributed by atoms with van der Waals surface area (Å²) >= 11 is 0. The molecule has 5 nitrogen and oxygen atoms in total. The van der Waals surface area contributed by atoms with E-state index >= 15 is 0 Å². The minimum absolute atomic E-state index is 0.00519. The highest BCUT2D eigenvalue weighted by atomic mass is 15.2. The second kappa shape index (κ2) is 4.54. The molecule has 5 heteroatoms. The van der Waals surface area contributed by atoms with Crippen LogP contribution in [0.15, 0.2) is 4.99 Å². The third kappa shape index (κ3) is 3.44. The van der Waals surface area contributed by atoms with Crippen LogP contribution in [0.25, 0.3) is 0 Å². The normalized spacial score (nSPS) is 8.91. The molecule has 0 fully saturated rings. The van der Waals surface area contributed by atoms with Crippen molar-refractivity contribution in [3.05, 3.63) is 0 Å². The van der Waals surface area contributed by atoms with Crippen molar-refractivity contribution in [2.75, 3.05) is 13.1 Å². The largest absolute Gasteiger partial charge is 0.388 e. The van der Waals surface area contributed by atoms with Crippen molar-refractivity contribution in [1.29, 1.82) is 0 Å². The van der Waals surface area contributed by atoms with Crippen molar-refractivity contribution < 1.29 is 4.58 Å². The second-order valence-corrected chi connectivity index (χ2v) is 2.07. The Morgan fingerprint density at radius 3 is 1.91 bits per heavy atom. The van der Waals surface area contributed by atoms with Gasteiger partial charge in [-0.3, -0.25) is 10.3 Å². The van der Waals surface area contributed by atoms with Crippen molar-refractivity contribution in [3.8, 4) is 0 Å². The molecule has 0 radical (unpaired) electrons. The van der Waals surface area contributed by atoms with E-state index in [1.165, 1.54) is 0 Å². The SMILES string of the molecule is CC[N+](CC)=C(N)N=C(N)N. The van der Waals surface area contributed by atoms with Crippen LogP contribution in [-0.2, 0) is 0 Å². The zero-order chi connectivity index (χ0) is 8.85. The van der Waals surface area contributed by atoms with Gasteiger partial charge in [0.2, 0.25) is 0 Å². The number of aliphatic imine (C=N–C) groups is 1. The molecule has 0 unspecified atom stereocenters. The lowest BCUT2D eigenvalue weighted by atomic mass is 10.6. The van der Waals surface area contributed by atoms with Gasteiger partial charge in [0, 0.05) is 0 Å². The smallest absolute Gasteiger partial charge is 0.356 e. The fourth-order valence-electron chi connectivity index (χ4n) is 0.751. The first kappa shape index (κ1) is 9.74. The summed E-state index contributed by atoms with van der Waals surface area (Å²) in [6.07, 6.45) is 0. The van der Waals surface area contributed by atoms with Crippen LogP contribution in [-0.4, -0.2) is 29.6 Å². The lowest BCUT2D eigenvalue weighted by molar-refractivity contribution is -0.522. The summed E-state index contributed by atoms with van der Waals surface area (Å²) in [7, 11) is 0. The van der Waals surface area contributed by atoms with Crippen LogP contribution in [0.3, 0.4) is 0 Å². The van der Waals surface area contributed by atoms with Crippen LogP contribution in [0.2, 0.25) is 0 Å². The summed E-state index contributed by atoms with van der Waals surface area (Å²) < 4.78 is 1.86. The Balaban J connectivity index is 4.48. The number of hydrogen-bond donors (Lipinski definition) is 3. The number of rotatable bonds is 2. The fraction of sp³-hybridized carbons (Fsp3) is 0.667. The van der Waals surface area contributed by atoms with Crippen LogP contribution in [0, 0.1) is 0 Å². The van der Waals surface area contributed by atoms with Gasteiger partial charge in [0.05, 0.1) is 13.1 Å². The molecule has 0 bridgehead atoms. The molecule has 0 aliphatic heterocycles. The summed E-state index contributed by atoms with van der Waals surface area (Å²) in [4.78, 5) is 3.71. The fourth-order valence-corrected chi connectivity index (χ4v) is 0.751. The zero-order valence-electron chi connectivity index (χ0n) is 7.04. The Labute approximate surface area is 66.6 Å². The lowest BCUT2D eigenvalue weighted by Gasteiger charge is -2.00. The minimum Gasteiger partial charge on any atom is -0.356 e. The second-order valence-electron chi connectivity index (χ2n) is 2.07. The van der Waals surface area contributed by atoms with E-state index in [4.69, 9.17) is 17.2 Å². The molecule has 0 aromatic rings. The molecule has 0 saturated heterocycles. The van der Waals surface area contributed by atoms with Crippen LogP contribution >= 0.6 is 0 Å². The summed E-state index contributed by atoms with van der Waals surface area (Å²) in [6, 6.07) is 0. The standard InChI is InChI=1S/C6H15N5/c1-3-11(4-2)6(9)10-5(7)8/h3-4H2,1-2H3,(H5,7,8,9,10)/p+1. The van der Waals surface area contributed by atoms with Gasteiger partial charge < -0.3 is 11.5 Å². The third-order valence-electron chi connectivity index (χ3n) is 1.33. The maximum atomic E-state index is 5.54. The van der Waals surface area contributed by atoms with E-state index in [-0.39, 0.29) is 5.96 Å². The van der Waals surface area contributed by atoms with E-state index in [2.05, 4.69) is 4.99 Å². The average molecular weight is 158 g/mol. The Morgan fingerprint density at radius 2 is 1.64 bits per heavy atom. The van der Waals surface area contributed by atoms with Gasteiger partial charge in [0.25, 0.3) is 5.96 Å². The first-order valence-corrected chi connectivity index (χ1v) is 3.58. The molecule has 11 heavy (non-hydrogen) atoms. The molecule has 0 rings (SSSR count). The molecule has 0 aliphatic rings. The predicted octanol–water partition coefficient (Wildman–Crippen LogP) is -1.37. The molecule has 64 valence electrons. The van der Waals surface area contributed by atoms with Crippen LogP contribution in [0.5, 0.6) is 0 Å². The van der Waals surface area contributed by atoms with Crippen molar-refractivity contribution in [2.24, 2.45) is 22.2 Å². The van der Waals surface area contributed by atoms with Crippen molar-refractivity contribution in [3.63, 3.8) is 0 Å². The van der Waals surface area contributed by atoms with E-state index in [9.17, 15) is 0 Å². The molecule has 0 atom stereocenters. The summed E-state index contributed by atoms with van der Waals surface area (Å²) in [5, 5.41) is 0. The van der Waals surface area contributed by atoms with Gasteiger partial charge in [0.1, 0.15) is 0 Å². The lowest BCUT2D eigenvalue weighted by Crippen LogP contribution is -2.32. The van der Waals surface area contributed by atoms with Crippen LogP contribution in [0.1, 0.15) is 13.8 Å². The first-order chi connectivity index (χ1) is 5.11. The van der Waals surface area contributed by atoms with Gasteiger partial charge in [-0.25, -0.2) is 0 Å². The van der Waals surface area contributed by atoms with Crippen molar-refractivity contribution >= 4 is 11.9 Å². The Kier molecular flexibility index (Phi) is 4.02. The quantitative estimate of drug-likeness (QED) is 0.263. The molecule has 0 aromatic carbocycles. The highest BCUT2D eigenvalue weighted by molar-refractivity contribution is 5.89. The number of nitrogens with two attached hydrogens (primary N) is 3. The first-order valence-electron chi connectivity index (χ1n) is 3.58. The minimum atomic E-state index is -0.00519. The molecule has 0 amide bonds. The summed E-state index contributed by atoms with van der Waals surface area (Å²) in [5.74, 6) is 0.365. The summed E-state index contributed by atoms with van der Waals surface area (Å²) in [6.45, 7) is 5.58. The number of hydrogen-bond acceptors (Lipinski definition) is 0. The van der Waals surface area contributed by atoms with E-state index in [1.807, 2.05) is 18.4 Å². The highest BCUT2D eigenvalue weighted by Gasteiger charge is 2.03. The topological polar surface area (TPSA) is 93.4 Å². The van der Waals surface area contributed by atoms with Crippen molar-refractivity contribution in [1.82, 2.24) is 0 Å². The maximum absolute atomic E-state index is 5.54. The van der Waals surface area contributed by atoms with Gasteiger partial charge in [-0.1, -0.05) is 0 Å². The zero-order valence-corrected chi connectivity index (χ0v) is 7.04.